The number of ether oxygens (including phenoxy) is 4. The monoisotopic (exact) mass is 387 g/mol. The smallest absolute Gasteiger partial charge is 0.330 e. The fourth-order valence-corrected chi connectivity index (χ4v) is 3.64. The molecular formula is C15H21N3O9. The van der Waals surface area contributed by atoms with E-state index in [2.05, 4.69) is 4.98 Å². The molecule has 8 atom stereocenters. The Bertz CT molecular complexity index is 812. The number of aliphatic hydroxyl groups is 3. The van der Waals surface area contributed by atoms with Crippen LogP contribution >= 0.6 is 0 Å². The van der Waals surface area contributed by atoms with Crippen LogP contribution in [-0.2, 0) is 18.9 Å². The van der Waals surface area contributed by atoms with Gasteiger partial charge >= 0.3 is 5.69 Å². The van der Waals surface area contributed by atoms with Gasteiger partial charge in [-0.1, -0.05) is 0 Å². The summed E-state index contributed by atoms with van der Waals surface area (Å²) < 4.78 is 23.4. The third-order valence-electron chi connectivity index (χ3n) is 5.17. The summed E-state index contributed by atoms with van der Waals surface area (Å²) in [5.41, 5.74) is 2.91. The van der Waals surface area contributed by atoms with E-state index in [4.69, 9.17) is 24.7 Å². The molecule has 6 N–H and O–H groups in total. The molecule has 4 heterocycles. The van der Waals surface area contributed by atoms with Gasteiger partial charge in [-0.25, -0.2) is 4.79 Å². The van der Waals surface area contributed by atoms with Crippen molar-refractivity contribution in [3.05, 3.63) is 33.1 Å². The Morgan fingerprint density at radius 1 is 1.33 bits per heavy atom. The Kier molecular flexibility index (Phi) is 4.68. The molecule has 1 aromatic rings. The van der Waals surface area contributed by atoms with Crippen LogP contribution in [0.15, 0.2) is 21.9 Å². The van der Waals surface area contributed by atoms with Crippen LogP contribution < -0.4 is 17.0 Å². The molecule has 0 saturated carbocycles. The van der Waals surface area contributed by atoms with Gasteiger partial charge in [-0.3, -0.25) is 14.3 Å². The van der Waals surface area contributed by atoms with Gasteiger partial charge in [-0.15, -0.1) is 0 Å². The molecule has 4 rings (SSSR count). The van der Waals surface area contributed by atoms with E-state index in [9.17, 15) is 24.9 Å². The van der Waals surface area contributed by atoms with E-state index in [1.54, 1.807) is 0 Å². The van der Waals surface area contributed by atoms with Crippen LogP contribution in [0.25, 0.3) is 0 Å². The van der Waals surface area contributed by atoms with E-state index in [0.717, 1.165) is 10.6 Å². The van der Waals surface area contributed by atoms with Crippen LogP contribution in [-0.4, -0.2) is 87.0 Å². The molecule has 0 unspecified atom stereocenters. The first-order valence-electron chi connectivity index (χ1n) is 8.48. The average molecular weight is 387 g/mol. The van der Waals surface area contributed by atoms with Gasteiger partial charge in [-0.05, 0) is 0 Å². The van der Waals surface area contributed by atoms with Crippen molar-refractivity contribution in [2.45, 2.75) is 48.6 Å². The summed E-state index contributed by atoms with van der Waals surface area (Å²) in [7, 11) is 0. The highest BCUT2D eigenvalue weighted by Crippen LogP contribution is 2.45. The number of aromatic amines is 1. The van der Waals surface area contributed by atoms with Crippen molar-refractivity contribution in [2.24, 2.45) is 5.73 Å². The van der Waals surface area contributed by atoms with Gasteiger partial charge in [-0.2, -0.15) is 0 Å². The molecule has 3 saturated heterocycles. The Morgan fingerprint density at radius 3 is 2.78 bits per heavy atom. The molecule has 12 heteroatoms. The summed E-state index contributed by atoms with van der Waals surface area (Å²) in [6.45, 7) is -0.213. The molecule has 0 radical (unpaired) electrons. The van der Waals surface area contributed by atoms with Crippen LogP contribution in [0.2, 0.25) is 0 Å². The highest BCUT2D eigenvalue weighted by molar-refractivity contribution is 5.08. The zero-order valence-electron chi connectivity index (χ0n) is 14.1. The first-order valence-corrected chi connectivity index (χ1v) is 8.48. The Balaban J connectivity index is 1.49. The van der Waals surface area contributed by atoms with Crippen molar-refractivity contribution in [1.82, 2.24) is 9.55 Å². The topological polar surface area (TPSA) is 178 Å². The Morgan fingerprint density at radius 2 is 2.11 bits per heavy atom. The van der Waals surface area contributed by atoms with Gasteiger partial charge in [0.15, 0.2) is 12.5 Å². The average Bonchev–Trinajstić information content (AvgIpc) is 3.21. The van der Waals surface area contributed by atoms with Gasteiger partial charge in [0.25, 0.3) is 5.56 Å². The second-order valence-electron chi connectivity index (χ2n) is 6.88. The minimum Gasteiger partial charge on any atom is -0.387 e. The van der Waals surface area contributed by atoms with Crippen molar-refractivity contribution < 1.29 is 34.3 Å². The predicted octanol–water partition coefficient (Wildman–Crippen LogP) is -4.01. The van der Waals surface area contributed by atoms with Crippen LogP contribution in [0.5, 0.6) is 0 Å². The maximum atomic E-state index is 12.0. The van der Waals surface area contributed by atoms with Crippen LogP contribution in [0.4, 0.5) is 0 Å². The summed E-state index contributed by atoms with van der Waals surface area (Å²) in [4.78, 5) is 25.3. The molecule has 3 aliphatic heterocycles. The lowest BCUT2D eigenvalue weighted by molar-refractivity contribution is -0.233. The molecule has 0 aliphatic carbocycles. The second kappa shape index (κ2) is 6.76. The fourth-order valence-electron chi connectivity index (χ4n) is 3.64. The number of rotatable bonds is 5. The molecule has 3 fully saturated rings. The van der Waals surface area contributed by atoms with Gasteiger partial charge in [0.05, 0.1) is 13.2 Å². The molecule has 0 amide bonds. The highest BCUT2D eigenvalue weighted by atomic mass is 16.7. The lowest BCUT2D eigenvalue weighted by Crippen LogP contribution is -2.47. The SMILES string of the molecule is NC[C@H]1O[C@@H](OC[C@@]23CO[C@@H]([C@H](n4ccc(=O)[nH]c4=O)O2)[C@@H]3O)[C@H](O)[C@@H]1O. The fraction of sp³-hybridized carbons (Fsp3) is 0.733. The lowest BCUT2D eigenvalue weighted by atomic mass is 10.0. The van der Waals surface area contributed by atoms with E-state index in [1.807, 2.05) is 0 Å². The van der Waals surface area contributed by atoms with Crippen molar-refractivity contribution in [1.29, 1.82) is 0 Å². The Hall–Kier alpha value is -1.64. The first-order chi connectivity index (χ1) is 12.9. The predicted molar refractivity (Wildman–Crippen MR) is 85.6 cm³/mol. The Labute approximate surface area is 152 Å². The van der Waals surface area contributed by atoms with Gasteiger partial charge in [0, 0.05) is 18.8 Å². The quantitative estimate of drug-likeness (QED) is 0.334. The third kappa shape index (κ3) is 2.94. The number of aliphatic hydroxyl groups excluding tert-OH is 3. The lowest BCUT2D eigenvalue weighted by Gasteiger charge is -2.32. The number of fused-ring (bicyclic) bond motifs is 2. The molecule has 150 valence electrons. The molecule has 0 aromatic carbocycles. The highest BCUT2D eigenvalue weighted by Gasteiger charge is 2.62. The summed E-state index contributed by atoms with van der Waals surface area (Å²) in [5.74, 6) is 0. The molecular weight excluding hydrogens is 366 g/mol. The number of aromatic nitrogens is 2. The van der Waals surface area contributed by atoms with Crippen molar-refractivity contribution >= 4 is 0 Å². The molecule has 27 heavy (non-hydrogen) atoms. The summed E-state index contributed by atoms with van der Waals surface area (Å²) in [5, 5.41) is 30.4. The number of nitrogens with two attached hydrogens (primary N) is 1. The van der Waals surface area contributed by atoms with E-state index < -0.39 is 59.9 Å². The zero-order chi connectivity index (χ0) is 19.3. The summed E-state index contributed by atoms with van der Waals surface area (Å²) >= 11 is 0. The maximum absolute atomic E-state index is 12.0. The van der Waals surface area contributed by atoms with Gasteiger partial charge in [0.1, 0.15) is 36.1 Å². The van der Waals surface area contributed by atoms with E-state index in [-0.39, 0.29) is 19.8 Å². The van der Waals surface area contributed by atoms with Crippen LogP contribution in [0.1, 0.15) is 6.23 Å². The summed E-state index contributed by atoms with van der Waals surface area (Å²) in [6, 6.07) is 1.16. The van der Waals surface area contributed by atoms with Crippen molar-refractivity contribution in [3.8, 4) is 0 Å². The number of nitrogens with zero attached hydrogens (tertiary/aromatic N) is 1. The van der Waals surface area contributed by atoms with E-state index >= 15 is 0 Å². The van der Waals surface area contributed by atoms with Gasteiger partial charge < -0.3 is 40.0 Å². The summed E-state index contributed by atoms with van der Waals surface area (Å²) in [6.07, 6.45) is -6.06. The minimum atomic E-state index is -1.30. The maximum Gasteiger partial charge on any atom is 0.330 e. The van der Waals surface area contributed by atoms with Crippen molar-refractivity contribution in [3.63, 3.8) is 0 Å². The molecule has 12 nitrogen and oxygen atoms in total. The zero-order valence-corrected chi connectivity index (χ0v) is 14.1. The van der Waals surface area contributed by atoms with Gasteiger partial charge in [0.2, 0.25) is 0 Å². The minimum absolute atomic E-state index is 0.000870. The number of nitrogens with one attached hydrogen (secondary N) is 1. The van der Waals surface area contributed by atoms with Crippen LogP contribution in [0, 0.1) is 0 Å². The second-order valence-corrected chi connectivity index (χ2v) is 6.88. The third-order valence-corrected chi connectivity index (χ3v) is 5.17. The first kappa shape index (κ1) is 18.7. The largest absolute Gasteiger partial charge is 0.387 e. The molecule has 1 aromatic heterocycles. The number of hydrogen-bond donors (Lipinski definition) is 5. The van der Waals surface area contributed by atoms with E-state index in [0.29, 0.717) is 0 Å². The molecule has 3 aliphatic rings. The normalized spacial score (nSPS) is 43.5. The van der Waals surface area contributed by atoms with Crippen molar-refractivity contribution in [2.75, 3.05) is 19.8 Å². The number of hydrogen-bond acceptors (Lipinski definition) is 10. The van der Waals surface area contributed by atoms with Crippen LogP contribution in [0.3, 0.4) is 0 Å². The standard InChI is InChI=1S/C15H21N3O9/c16-3-6-8(20)9(21)13(26-6)25-5-15-4-24-10(11(15)22)12(27-15)18-2-1-7(19)17-14(18)23/h1-2,6,8-13,20-22H,3-5,16H2,(H,17,19,23)/t6-,8-,9-,10-,11+,12-,13-,15-/m1/s1. The van der Waals surface area contributed by atoms with E-state index in [1.165, 1.54) is 6.20 Å². The molecule has 0 spiro atoms. The molecule has 2 bridgehead atoms. The number of H-pyrrole nitrogens is 1.